The minimum Gasteiger partial charge on any atom is -0.491 e. The number of hydrogen-bond donors (Lipinski definition) is 2. The molecule has 1 heterocycles. The van der Waals surface area contributed by atoms with E-state index in [-0.39, 0.29) is 6.61 Å². The lowest BCUT2D eigenvalue weighted by Crippen LogP contribution is -2.20. The lowest BCUT2D eigenvalue weighted by atomic mass is 10.3. The summed E-state index contributed by atoms with van der Waals surface area (Å²) in [5.74, 6) is 1.60. The van der Waals surface area contributed by atoms with Crippen LogP contribution in [0.1, 0.15) is 5.69 Å². The molecule has 1 unspecified atom stereocenters. The zero-order valence-electron chi connectivity index (χ0n) is 11.5. The number of aliphatic hydroxyl groups excluding tert-OH is 1. The summed E-state index contributed by atoms with van der Waals surface area (Å²) in [6, 6.07) is 9.17. The Morgan fingerprint density at radius 2 is 2.05 bits per heavy atom. The van der Waals surface area contributed by atoms with Crippen LogP contribution in [-0.4, -0.2) is 33.5 Å². The molecule has 0 aliphatic carbocycles. The number of nitrogens with zero attached hydrogens (tertiary/aromatic N) is 2. The third-order valence-corrected chi connectivity index (χ3v) is 4.04. The fraction of sp³-hybridized carbons (Fsp3) is 0.286. The maximum Gasteiger partial charge on any atom is 0.189 e. The molecule has 1 aromatic carbocycles. The summed E-state index contributed by atoms with van der Waals surface area (Å²) in [4.78, 5) is 8.36. The van der Waals surface area contributed by atoms with Gasteiger partial charge in [0.15, 0.2) is 5.16 Å². The van der Waals surface area contributed by atoms with Crippen LogP contribution in [0, 0.1) is 6.92 Å². The Hall–Kier alpha value is -1.31. The number of aliphatic hydroxyl groups is 1. The Morgan fingerprint density at radius 1 is 1.33 bits per heavy atom. The molecule has 1 aromatic heterocycles. The molecule has 2 rings (SSSR count). The lowest BCUT2D eigenvalue weighted by molar-refractivity contribution is 0.126. The second-order valence-electron chi connectivity index (χ2n) is 4.45. The van der Waals surface area contributed by atoms with Gasteiger partial charge >= 0.3 is 0 Å². The lowest BCUT2D eigenvalue weighted by Gasteiger charge is -2.12. The second kappa shape index (κ2) is 7.63. The van der Waals surface area contributed by atoms with Crippen LogP contribution in [0.15, 0.2) is 40.0 Å². The van der Waals surface area contributed by atoms with E-state index < -0.39 is 6.10 Å². The van der Waals surface area contributed by atoms with E-state index >= 15 is 0 Å². The van der Waals surface area contributed by atoms with Gasteiger partial charge in [-0.3, -0.25) is 0 Å². The molecule has 0 fully saturated rings. The third-order valence-electron chi connectivity index (χ3n) is 2.51. The summed E-state index contributed by atoms with van der Waals surface area (Å²) < 4.78 is 6.50. The highest BCUT2D eigenvalue weighted by Crippen LogP contribution is 2.18. The predicted octanol–water partition coefficient (Wildman–Crippen LogP) is 2.66. The molecule has 5 nitrogen and oxygen atoms in total. The molecule has 1 atom stereocenters. The molecule has 0 aliphatic rings. The predicted molar refractivity (Wildman–Crippen MR) is 87.5 cm³/mol. The fourth-order valence-electron chi connectivity index (χ4n) is 1.57. The van der Waals surface area contributed by atoms with Crippen LogP contribution in [0.2, 0.25) is 0 Å². The molecule has 2 aromatic rings. The zero-order valence-corrected chi connectivity index (χ0v) is 13.9. The number of halogens is 1. The molecule has 0 radical (unpaired) electrons. The first-order valence-electron chi connectivity index (χ1n) is 6.33. The van der Waals surface area contributed by atoms with Crippen LogP contribution in [0.5, 0.6) is 5.75 Å². The normalized spacial score (nSPS) is 12.1. The quantitative estimate of drug-likeness (QED) is 0.601. The van der Waals surface area contributed by atoms with Crippen molar-refractivity contribution >= 4 is 33.5 Å². The first kappa shape index (κ1) is 16.1. The van der Waals surface area contributed by atoms with Crippen molar-refractivity contribution in [1.29, 1.82) is 0 Å². The number of rotatable bonds is 6. The van der Waals surface area contributed by atoms with E-state index in [1.165, 1.54) is 11.8 Å². The first-order valence-corrected chi connectivity index (χ1v) is 8.11. The van der Waals surface area contributed by atoms with Crippen LogP contribution in [0.4, 0.5) is 5.82 Å². The molecule has 0 aliphatic heterocycles. The molecule has 0 saturated carbocycles. The van der Waals surface area contributed by atoms with Crippen molar-refractivity contribution in [2.45, 2.75) is 18.2 Å². The van der Waals surface area contributed by atoms with Gasteiger partial charge in [-0.15, -0.1) is 0 Å². The van der Waals surface area contributed by atoms with E-state index in [2.05, 4.69) is 25.9 Å². The number of aromatic nitrogens is 2. The van der Waals surface area contributed by atoms with Gasteiger partial charge in [-0.25, -0.2) is 9.97 Å². The van der Waals surface area contributed by atoms with Gasteiger partial charge in [0.1, 0.15) is 18.2 Å². The number of nitrogens with two attached hydrogens (primary N) is 1. The van der Waals surface area contributed by atoms with Crippen molar-refractivity contribution in [3.05, 3.63) is 40.5 Å². The summed E-state index contributed by atoms with van der Waals surface area (Å²) in [5.41, 5.74) is 6.47. The molecule has 7 heteroatoms. The van der Waals surface area contributed by atoms with Crippen molar-refractivity contribution in [3.63, 3.8) is 0 Å². The van der Waals surface area contributed by atoms with E-state index in [0.717, 1.165) is 15.9 Å². The van der Waals surface area contributed by atoms with Gasteiger partial charge in [-0.2, -0.15) is 0 Å². The van der Waals surface area contributed by atoms with Crippen LogP contribution in [0.25, 0.3) is 0 Å². The Morgan fingerprint density at radius 3 is 2.71 bits per heavy atom. The SMILES string of the molecule is Cc1cc(N)nc(SCC(O)COc2ccc(Br)cc2)n1. The maximum atomic E-state index is 9.92. The van der Waals surface area contributed by atoms with E-state index in [1.807, 2.05) is 31.2 Å². The molecular weight excluding hydrogens is 354 g/mol. The zero-order chi connectivity index (χ0) is 15.2. The van der Waals surface area contributed by atoms with Crippen LogP contribution >= 0.6 is 27.7 Å². The summed E-state index contributed by atoms with van der Waals surface area (Å²) in [5, 5.41) is 10.5. The first-order chi connectivity index (χ1) is 10.0. The largest absolute Gasteiger partial charge is 0.491 e. The van der Waals surface area contributed by atoms with E-state index in [9.17, 15) is 5.11 Å². The Bertz CT molecular complexity index is 575. The summed E-state index contributed by atoms with van der Waals surface area (Å²) in [7, 11) is 0. The second-order valence-corrected chi connectivity index (χ2v) is 6.35. The van der Waals surface area contributed by atoms with Crippen LogP contribution in [-0.2, 0) is 0 Å². The Balaban J connectivity index is 1.79. The van der Waals surface area contributed by atoms with E-state index in [0.29, 0.717) is 16.7 Å². The van der Waals surface area contributed by atoms with Gasteiger partial charge < -0.3 is 15.6 Å². The van der Waals surface area contributed by atoms with Gasteiger partial charge in [-0.05, 0) is 31.2 Å². The number of thioether (sulfide) groups is 1. The van der Waals surface area contributed by atoms with Crippen LogP contribution < -0.4 is 10.5 Å². The highest BCUT2D eigenvalue weighted by molar-refractivity contribution is 9.10. The number of hydrogen-bond acceptors (Lipinski definition) is 6. The van der Waals surface area contributed by atoms with Gasteiger partial charge in [0, 0.05) is 22.0 Å². The molecule has 112 valence electrons. The van der Waals surface area contributed by atoms with Crippen molar-refractivity contribution in [2.24, 2.45) is 0 Å². The molecular formula is C14H16BrN3O2S. The minimum atomic E-state index is -0.607. The van der Waals surface area contributed by atoms with Crippen molar-refractivity contribution in [2.75, 3.05) is 18.1 Å². The number of ether oxygens (including phenoxy) is 1. The molecule has 0 saturated heterocycles. The molecule has 0 spiro atoms. The standard InChI is InChI=1S/C14H16BrN3O2S/c1-9-6-13(16)18-14(17-9)21-8-11(19)7-20-12-4-2-10(15)3-5-12/h2-6,11,19H,7-8H2,1H3,(H2,16,17,18). The fourth-order valence-corrected chi connectivity index (χ4v) is 2.65. The number of benzene rings is 1. The third kappa shape index (κ3) is 5.53. The average Bonchev–Trinajstić information content (AvgIpc) is 2.43. The topological polar surface area (TPSA) is 81.3 Å². The van der Waals surface area contributed by atoms with Gasteiger partial charge in [-0.1, -0.05) is 27.7 Å². The highest BCUT2D eigenvalue weighted by atomic mass is 79.9. The smallest absolute Gasteiger partial charge is 0.189 e. The summed E-state index contributed by atoms with van der Waals surface area (Å²) in [6.45, 7) is 2.07. The summed E-state index contributed by atoms with van der Waals surface area (Å²) in [6.07, 6.45) is -0.607. The summed E-state index contributed by atoms with van der Waals surface area (Å²) >= 11 is 4.71. The van der Waals surface area contributed by atoms with Crippen molar-refractivity contribution in [3.8, 4) is 5.75 Å². The van der Waals surface area contributed by atoms with E-state index in [1.54, 1.807) is 6.07 Å². The van der Waals surface area contributed by atoms with Crippen molar-refractivity contribution < 1.29 is 9.84 Å². The monoisotopic (exact) mass is 369 g/mol. The molecule has 3 N–H and O–H groups in total. The van der Waals surface area contributed by atoms with E-state index in [4.69, 9.17) is 10.5 Å². The minimum absolute atomic E-state index is 0.218. The Kier molecular flexibility index (Phi) is 5.84. The molecule has 0 bridgehead atoms. The van der Waals surface area contributed by atoms with Gasteiger partial charge in [0.05, 0.1) is 6.10 Å². The van der Waals surface area contributed by atoms with Gasteiger partial charge in [0.25, 0.3) is 0 Å². The van der Waals surface area contributed by atoms with Crippen molar-refractivity contribution in [1.82, 2.24) is 9.97 Å². The number of anilines is 1. The van der Waals surface area contributed by atoms with Gasteiger partial charge in [0.2, 0.25) is 0 Å². The molecule has 21 heavy (non-hydrogen) atoms. The highest BCUT2D eigenvalue weighted by Gasteiger charge is 2.09. The number of aryl methyl sites for hydroxylation is 1. The number of nitrogen functional groups attached to an aromatic ring is 1. The molecule has 0 amide bonds. The maximum absolute atomic E-state index is 9.92. The Labute approximate surface area is 136 Å². The average molecular weight is 370 g/mol. The van der Waals surface area contributed by atoms with Crippen LogP contribution in [0.3, 0.4) is 0 Å².